The molecular formula is C25H39NO6. The molecule has 0 heterocycles. The maximum atomic E-state index is 13.1. The third-order valence-electron chi connectivity index (χ3n) is 10.0. The van der Waals surface area contributed by atoms with Crippen molar-refractivity contribution in [3.63, 3.8) is 0 Å². The van der Waals surface area contributed by atoms with E-state index in [0.29, 0.717) is 12.8 Å². The average Bonchev–Trinajstić information content (AvgIpc) is 2.99. The fraction of sp³-hybridized carbons (Fsp3) is 0.800. The van der Waals surface area contributed by atoms with Crippen LogP contribution in [0.3, 0.4) is 0 Å². The van der Waals surface area contributed by atoms with Gasteiger partial charge in [-0.15, -0.1) is 0 Å². The van der Waals surface area contributed by atoms with Crippen molar-refractivity contribution in [2.24, 2.45) is 40.4 Å². The Labute approximate surface area is 190 Å². The first-order valence-electron chi connectivity index (χ1n) is 11.8. The summed E-state index contributed by atoms with van der Waals surface area (Å²) in [6.45, 7) is 6.43. The largest absolute Gasteiger partial charge is 0.481 e. The van der Waals surface area contributed by atoms with E-state index in [1.54, 1.807) is 6.08 Å². The van der Waals surface area contributed by atoms with Crippen LogP contribution in [0.1, 0.15) is 72.1 Å². The van der Waals surface area contributed by atoms with E-state index in [1.807, 2.05) is 0 Å². The highest BCUT2D eigenvalue weighted by molar-refractivity contribution is 5.92. The van der Waals surface area contributed by atoms with E-state index in [4.69, 9.17) is 4.74 Å². The summed E-state index contributed by atoms with van der Waals surface area (Å²) in [5.74, 6) is -0.943. The zero-order valence-electron chi connectivity index (χ0n) is 19.9. The minimum absolute atomic E-state index is 0. The quantitative estimate of drug-likeness (QED) is 0.553. The molecule has 7 heteroatoms. The molecule has 0 spiro atoms. The van der Waals surface area contributed by atoms with E-state index >= 15 is 0 Å². The molecular weight excluding hydrogens is 410 g/mol. The van der Waals surface area contributed by atoms with Crippen molar-refractivity contribution in [2.45, 2.75) is 77.7 Å². The molecule has 0 aliphatic heterocycles. The molecule has 0 aromatic carbocycles. The Kier molecular flexibility index (Phi) is 6.42. The van der Waals surface area contributed by atoms with Gasteiger partial charge in [0, 0.05) is 12.8 Å². The summed E-state index contributed by atoms with van der Waals surface area (Å²) < 4.78 is 5.27. The molecule has 2 unspecified atom stereocenters. The Morgan fingerprint density at radius 1 is 1.16 bits per heavy atom. The van der Waals surface area contributed by atoms with Gasteiger partial charge in [-0.3, -0.25) is 14.4 Å². The Balaban J connectivity index is 0.00000289. The monoisotopic (exact) mass is 449 g/mol. The van der Waals surface area contributed by atoms with Gasteiger partial charge in [0.1, 0.15) is 0 Å². The van der Waals surface area contributed by atoms with Crippen molar-refractivity contribution < 1.29 is 29.3 Å². The van der Waals surface area contributed by atoms with Gasteiger partial charge in [-0.2, -0.15) is 0 Å². The molecule has 180 valence electrons. The summed E-state index contributed by atoms with van der Waals surface area (Å²) in [4.78, 5) is 36.6. The number of carboxylic acid groups (broad SMARTS) is 1. The standard InChI is InChI=1S/C25H36O6.H3N/c1-14-18-13-15(26)5-9-23(18,2)16-6-10-24(3)17(21(16)20(14)22(29)31-4)7-11-25(24,30)12-8-19(27)28;/h13-14,16-17,20-21,30H,5-12H2,1-4H3,(H,27,28);1H3/t14?,16-,17-,20?,21+,23+,24-,25-;/m0./s1. The molecule has 0 saturated heterocycles. The predicted octanol–water partition coefficient (Wildman–Crippen LogP) is 3.92. The number of ketones is 1. The van der Waals surface area contributed by atoms with Gasteiger partial charge in [0.15, 0.2) is 5.78 Å². The summed E-state index contributed by atoms with van der Waals surface area (Å²) in [5, 5.41) is 20.8. The Morgan fingerprint density at radius 2 is 1.81 bits per heavy atom. The van der Waals surface area contributed by atoms with Gasteiger partial charge in [0.05, 0.1) is 18.6 Å². The molecule has 4 aliphatic rings. The van der Waals surface area contributed by atoms with Crippen molar-refractivity contribution in [1.29, 1.82) is 0 Å². The van der Waals surface area contributed by atoms with Gasteiger partial charge in [-0.1, -0.05) is 26.3 Å². The molecule has 0 bridgehead atoms. The van der Waals surface area contributed by atoms with Gasteiger partial charge < -0.3 is 21.1 Å². The number of esters is 1. The van der Waals surface area contributed by atoms with E-state index in [2.05, 4.69) is 20.8 Å². The van der Waals surface area contributed by atoms with Crippen LogP contribution in [0.2, 0.25) is 0 Å². The number of hydrogen-bond acceptors (Lipinski definition) is 6. The van der Waals surface area contributed by atoms with Gasteiger partial charge in [-0.25, -0.2) is 0 Å². The Morgan fingerprint density at radius 3 is 2.44 bits per heavy atom. The first kappa shape index (κ1) is 24.9. The maximum absolute atomic E-state index is 13.1. The van der Waals surface area contributed by atoms with E-state index in [9.17, 15) is 24.6 Å². The number of hydrogen-bond donors (Lipinski definition) is 3. The van der Waals surface area contributed by atoms with Crippen LogP contribution in [0, 0.1) is 40.4 Å². The normalized spacial score (nSPS) is 45.0. The lowest BCUT2D eigenvalue weighted by atomic mass is 9.42. The van der Waals surface area contributed by atoms with Crippen molar-refractivity contribution in [3.8, 4) is 0 Å². The van der Waals surface area contributed by atoms with Crippen molar-refractivity contribution >= 4 is 17.7 Å². The molecule has 4 aliphatic carbocycles. The summed E-state index contributed by atoms with van der Waals surface area (Å²) in [5.41, 5.74) is -0.462. The fourth-order valence-corrected chi connectivity index (χ4v) is 8.29. The van der Waals surface area contributed by atoms with Crippen LogP contribution in [0.4, 0.5) is 0 Å². The smallest absolute Gasteiger partial charge is 0.309 e. The average molecular weight is 450 g/mol. The fourth-order valence-electron chi connectivity index (χ4n) is 8.29. The lowest BCUT2D eigenvalue weighted by Crippen LogP contribution is -2.60. The topological polar surface area (TPSA) is 136 Å². The van der Waals surface area contributed by atoms with Gasteiger partial charge in [0.25, 0.3) is 0 Å². The summed E-state index contributed by atoms with van der Waals surface area (Å²) in [6, 6.07) is 0. The van der Waals surface area contributed by atoms with Crippen molar-refractivity contribution in [2.75, 3.05) is 7.11 Å². The van der Waals surface area contributed by atoms with Crippen LogP contribution < -0.4 is 6.15 Å². The molecule has 0 radical (unpaired) electrons. The van der Waals surface area contributed by atoms with Crippen molar-refractivity contribution in [1.82, 2.24) is 6.15 Å². The number of carbonyl (C=O) groups is 3. The Hall–Kier alpha value is -1.73. The summed E-state index contributed by atoms with van der Waals surface area (Å²) in [6.07, 6.45) is 6.41. The minimum atomic E-state index is -1.02. The molecule has 8 atom stereocenters. The highest BCUT2D eigenvalue weighted by atomic mass is 16.5. The maximum Gasteiger partial charge on any atom is 0.309 e. The van der Waals surface area contributed by atoms with Gasteiger partial charge >= 0.3 is 11.9 Å². The number of carboxylic acids is 1. The second-order valence-electron chi connectivity index (χ2n) is 11.0. The first-order valence-corrected chi connectivity index (χ1v) is 11.8. The lowest BCUT2D eigenvalue weighted by molar-refractivity contribution is -0.174. The van der Waals surface area contributed by atoms with Crippen molar-refractivity contribution in [3.05, 3.63) is 11.6 Å². The molecule has 3 saturated carbocycles. The molecule has 4 rings (SSSR count). The predicted molar refractivity (Wildman–Crippen MR) is 119 cm³/mol. The molecule has 7 nitrogen and oxygen atoms in total. The van der Waals surface area contributed by atoms with Crippen LogP contribution >= 0.6 is 0 Å². The first-order chi connectivity index (χ1) is 14.5. The molecule has 0 aromatic rings. The number of aliphatic carboxylic acids is 1. The molecule has 32 heavy (non-hydrogen) atoms. The lowest BCUT2D eigenvalue weighted by Gasteiger charge is -2.62. The third-order valence-corrected chi connectivity index (χ3v) is 10.0. The molecule has 5 N–H and O–H groups in total. The second-order valence-corrected chi connectivity index (χ2v) is 11.0. The SMILES string of the molecule is COC(=O)C1C(C)C2=CC(=O)CC[C@]2(C)[C@H]2CC[C@@]3(C)[C@@H](CC[C@]3(O)CCC(=O)O)[C@H]12.N. The Bertz CT molecular complexity index is 838. The number of rotatable bonds is 4. The van der Waals surface area contributed by atoms with E-state index < -0.39 is 17.0 Å². The minimum Gasteiger partial charge on any atom is -0.481 e. The highest BCUT2D eigenvalue weighted by Crippen LogP contribution is 2.70. The van der Waals surface area contributed by atoms with E-state index in [1.165, 1.54) is 7.11 Å². The zero-order chi connectivity index (χ0) is 22.8. The number of aliphatic hydroxyl groups is 1. The van der Waals surface area contributed by atoms with Crippen LogP contribution in [0.15, 0.2) is 11.6 Å². The van der Waals surface area contributed by atoms with Gasteiger partial charge in [0.2, 0.25) is 0 Å². The number of allylic oxidation sites excluding steroid dienone is 1. The second kappa shape index (κ2) is 8.24. The van der Waals surface area contributed by atoms with E-state index in [-0.39, 0.29) is 65.7 Å². The molecule has 3 fully saturated rings. The van der Waals surface area contributed by atoms with Crippen LogP contribution in [0.5, 0.6) is 0 Å². The summed E-state index contributed by atoms with van der Waals surface area (Å²) >= 11 is 0. The van der Waals surface area contributed by atoms with Crippen LogP contribution in [-0.4, -0.2) is 40.6 Å². The molecule has 0 aromatic heterocycles. The third kappa shape index (κ3) is 3.35. The zero-order valence-corrected chi connectivity index (χ0v) is 19.9. The highest BCUT2D eigenvalue weighted by Gasteiger charge is 2.67. The molecule has 0 amide bonds. The number of methoxy groups -OCH3 is 1. The van der Waals surface area contributed by atoms with E-state index in [0.717, 1.165) is 31.3 Å². The van der Waals surface area contributed by atoms with Crippen LogP contribution in [0.25, 0.3) is 0 Å². The summed E-state index contributed by atoms with van der Waals surface area (Å²) in [7, 11) is 1.43. The number of carbonyl (C=O) groups excluding carboxylic acids is 2. The number of fused-ring (bicyclic) bond motifs is 5. The number of ether oxygens (including phenoxy) is 1. The van der Waals surface area contributed by atoms with Crippen LogP contribution in [-0.2, 0) is 19.1 Å². The van der Waals surface area contributed by atoms with Gasteiger partial charge in [-0.05, 0) is 79.1 Å².